The summed E-state index contributed by atoms with van der Waals surface area (Å²) in [6.45, 7) is 6.57. The Morgan fingerprint density at radius 2 is 1.68 bits per heavy atom. The smallest absolute Gasteiger partial charge is 0.162 e. The summed E-state index contributed by atoms with van der Waals surface area (Å²) < 4.78 is 12.1. The molecule has 0 unspecified atom stereocenters. The predicted octanol–water partition coefficient (Wildman–Crippen LogP) is 6.93. The number of methoxy groups -OCH3 is 2. The van der Waals surface area contributed by atoms with Crippen LogP contribution in [-0.2, 0) is 6.42 Å². The maximum absolute atomic E-state index is 5.40. The van der Waals surface area contributed by atoms with Gasteiger partial charge in [0.15, 0.2) is 11.5 Å². The summed E-state index contributed by atoms with van der Waals surface area (Å²) in [5.74, 6) is 1.60. The lowest BCUT2D eigenvalue weighted by molar-refractivity contribution is 0.356. The third kappa shape index (κ3) is 5.93. The second-order valence-electron chi connectivity index (χ2n) is 6.72. The molecule has 2 rings (SSSR count). The van der Waals surface area contributed by atoms with Crippen molar-refractivity contribution in [2.24, 2.45) is 0 Å². The molecule has 1 heterocycles. The molecule has 0 saturated carbocycles. The van der Waals surface area contributed by atoms with Crippen molar-refractivity contribution in [2.75, 3.05) is 14.2 Å². The molecular formula is C22H30O2S. The Hall–Kier alpha value is -1.74. The molecule has 0 saturated heterocycles. The van der Waals surface area contributed by atoms with Crippen molar-refractivity contribution >= 4 is 21.4 Å². The lowest BCUT2D eigenvalue weighted by atomic mass is 10.1. The van der Waals surface area contributed by atoms with Gasteiger partial charge in [0.05, 0.1) is 14.2 Å². The Kier molecular flexibility index (Phi) is 7.57. The fraction of sp³-hybridized carbons (Fsp3) is 0.455. The first-order valence-electron chi connectivity index (χ1n) is 8.97. The standard InChI is InChI=1S/C22H30O2S/c1-16(2)9-8-11-17(3)10-6-7-12-19-13-18-14-20(23-4)21(24-5)15-22(18)25-19/h9-10,13-15H,6-8,11-12H2,1-5H3/b17-10+. The third-order valence-electron chi connectivity index (χ3n) is 4.28. The van der Waals surface area contributed by atoms with Gasteiger partial charge in [0, 0.05) is 15.6 Å². The molecule has 0 aliphatic heterocycles. The normalized spacial score (nSPS) is 11.6. The summed E-state index contributed by atoms with van der Waals surface area (Å²) in [6, 6.07) is 6.43. The van der Waals surface area contributed by atoms with Gasteiger partial charge in [-0.05, 0) is 70.4 Å². The maximum Gasteiger partial charge on any atom is 0.162 e. The minimum Gasteiger partial charge on any atom is -0.493 e. The topological polar surface area (TPSA) is 18.5 Å². The highest BCUT2D eigenvalue weighted by molar-refractivity contribution is 7.19. The summed E-state index contributed by atoms with van der Waals surface area (Å²) >= 11 is 1.86. The van der Waals surface area contributed by atoms with Crippen LogP contribution in [0.25, 0.3) is 10.1 Å². The van der Waals surface area contributed by atoms with E-state index in [4.69, 9.17) is 9.47 Å². The molecule has 0 spiro atoms. The summed E-state index contributed by atoms with van der Waals surface area (Å²) in [5.41, 5.74) is 2.91. The number of thiophene rings is 1. The van der Waals surface area contributed by atoms with Crippen LogP contribution in [0.5, 0.6) is 11.5 Å². The van der Waals surface area contributed by atoms with Crippen molar-refractivity contribution in [1.29, 1.82) is 0 Å². The molecule has 0 atom stereocenters. The molecule has 0 bridgehead atoms. The molecule has 3 heteroatoms. The number of hydrogen-bond donors (Lipinski definition) is 0. The number of ether oxygens (including phenoxy) is 2. The van der Waals surface area contributed by atoms with Crippen molar-refractivity contribution in [3.05, 3.63) is 46.4 Å². The lowest BCUT2D eigenvalue weighted by Crippen LogP contribution is -1.89. The average Bonchev–Trinajstić information content (AvgIpc) is 2.98. The van der Waals surface area contributed by atoms with Crippen molar-refractivity contribution in [3.8, 4) is 11.5 Å². The largest absolute Gasteiger partial charge is 0.493 e. The molecule has 1 aromatic carbocycles. The molecule has 2 aromatic rings. The van der Waals surface area contributed by atoms with E-state index in [2.05, 4.69) is 51.1 Å². The van der Waals surface area contributed by atoms with Crippen LogP contribution in [-0.4, -0.2) is 14.2 Å². The molecule has 0 radical (unpaired) electrons. The fourth-order valence-corrected chi connectivity index (χ4v) is 3.98. The van der Waals surface area contributed by atoms with E-state index in [1.54, 1.807) is 14.2 Å². The second-order valence-corrected chi connectivity index (χ2v) is 7.89. The molecule has 0 aliphatic rings. The quantitative estimate of drug-likeness (QED) is 0.357. The first kappa shape index (κ1) is 19.6. The minimum absolute atomic E-state index is 0.800. The SMILES string of the molecule is COc1cc2cc(CCC/C=C(\C)CCC=C(C)C)sc2cc1OC. The van der Waals surface area contributed by atoms with Gasteiger partial charge in [0.1, 0.15) is 0 Å². The van der Waals surface area contributed by atoms with Gasteiger partial charge < -0.3 is 9.47 Å². The van der Waals surface area contributed by atoms with Crippen LogP contribution in [0, 0.1) is 0 Å². The maximum atomic E-state index is 5.40. The number of aryl methyl sites for hydroxylation is 1. The Morgan fingerprint density at radius 3 is 2.36 bits per heavy atom. The van der Waals surface area contributed by atoms with E-state index >= 15 is 0 Å². The number of fused-ring (bicyclic) bond motifs is 1. The third-order valence-corrected chi connectivity index (χ3v) is 5.44. The van der Waals surface area contributed by atoms with E-state index in [9.17, 15) is 0 Å². The van der Waals surface area contributed by atoms with Crippen molar-refractivity contribution < 1.29 is 9.47 Å². The number of allylic oxidation sites excluding steroid dienone is 4. The summed E-state index contributed by atoms with van der Waals surface area (Å²) in [6.07, 6.45) is 10.5. The molecule has 2 nitrogen and oxygen atoms in total. The van der Waals surface area contributed by atoms with E-state index < -0.39 is 0 Å². The van der Waals surface area contributed by atoms with E-state index in [1.165, 1.54) is 39.0 Å². The van der Waals surface area contributed by atoms with Crippen LogP contribution in [0.1, 0.15) is 51.3 Å². The fourth-order valence-electron chi connectivity index (χ4n) is 2.86. The molecule has 25 heavy (non-hydrogen) atoms. The highest BCUT2D eigenvalue weighted by Crippen LogP contribution is 2.36. The predicted molar refractivity (Wildman–Crippen MR) is 110 cm³/mol. The highest BCUT2D eigenvalue weighted by atomic mass is 32.1. The highest BCUT2D eigenvalue weighted by Gasteiger charge is 2.09. The molecule has 0 amide bonds. The van der Waals surface area contributed by atoms with Crippen LogP contribution in [0.4, 0.5) is 0 Å². The van der Waals surface area contributed by atoms with E-state index in [-0.39, 0.29) is 0 Å². The molecule has 0 aliphatic carbocycles. The Morgan fingerprint density at radius 1 is 0.960 bits per heavy atom. The molecule has 136 valence electrons. The Labute approximate surface area is 156 Å². The zero-order chi connectivity index (χ0) is 18.2. The van der Waals surface area contributed by atoms with Gasteiger partial charge in [-0.1, -0.05) is 23.3 Å². The van der Waals surface area contributed by atoms with Gasteiger partial charge in [-0.25, -0.2) is 0 Å². The number of rotatable bonds is 9. The summed E-state index contributed by atoms with van der Waals surface area (Å²) in [5, 5.41) is 1.24. The lowest BCUT2D eigenvalue weighted by Gasteiger charge is -2.06. The van der Waals surface area contributed by atoms with E-state index in [0.29, 0.717) is 0 Å². The van der Waals surface area contributed by atoms with E-state index in [0.717, 1.165) is 30.8 Å². The van der Waals surface area contributed by atoms with Crippen molar-refractivity contribution in [3.63, 3.8) is 0 Å². The van der Waals surface area contributed by atoms with Gasteiger partial charge in [-0.3, -0.25) is 0 Å². The van der Waals surface area contributed by atoms with Gasteiger partial charge in [-0.15, -0.1) is 11.3 Å². The number of benzene rings is 1. The number of hydrogen-bond acceptors (Lipinski definition) is 3. The molecule has 1 aromatic heterocycles. The van der Waals surface area contributed by atoms with Crippen molar-refractivity contribution in [2.45, 2.75) is 52.9 Å². The average molecular weight is 359 g/mol. The molecule has 0 N–H and O–H groups in total. The Bertz CT molecular complexity index is 708. The number of unbranched alkanes of at least 4 members (excludes halogenated alkanes) is 1. The van der Waals surface area contributed by atoms with Gasteiger partial charge in [-0.2, -0.15) is 0 Å². The van der Waals surface area contributed by atoms with Crippen LogP contribution in [0.2, 0.25) is 0 Å². The first-order chi connectivity index (χ1) is 12.0. The van der Waals surface area contributed by atoms with Crippen molar-refractivity contribution in [1.82, 2.24) is 0 Å². The summed E-state index contributed by atoms with van der Waals surface area (Å²) in [4.78, 5) is 1.43. The van der Waals surface area contributed by atoms with Gasteiger partial charge in [0.2, 0.25) is 0 Å². The van der Waals surface area contributed by atoms with E-state index in [1.807, 2.05) is 11.3 Å². The first-order valence-corrected chi connectivity index (χ1v) is 9.78. The van der Waals surface area contributed by atoms with Crippen LogP contribution in [0.15, 0.2) is 41.5 Å². The van der Waals surface area contributed by atoms with Crippen LogP contribution < -0.4 is 9.47 Å². The van der Waals surface area contributed by atoms with Crippen LogP contribution in [0.3, 0.4) is 0 Å². The molecule has 0 fully saturated rings. The second kappa shape index (κ2) is 9.67. The van der Waals surface area contributed by atoms with Crippen LogP contribution >= 0.6 is 11.3 Å². The summed E-state index contributed by atoms with van der Waals surface area (Å²) in [7, 11) is 3.37. The zero-order valence-corrected chi connectivity index (χ0v) is 17.0. The van der Waals surface area contributed by atoms with Gasteiger partial charge in [0.25, 0.3) is 0 Å². The minimum atomic E-state index is 0.800. The monoisotopic (exact) mass is 358 g/mol. The molecular weight excluding hydrogens is 328 g/mol. The van der Waals surface area contributed by atoms with Gasteiger partial charge >= 0.3 is 0 Å². The Balaban J connectivity index is 1.89. The zero-order valence-electron chi connectivity index (χ0n) is 16.1.